The van der Waals surface area contributed by atoms with Gasteiger partial charge in [-0.25, -0.2) is 4.98 Å². The van der Waals surface area contributed by atoms with Gasteiger partial charge in [-0.15, -0.1) is 11.3 Å². The molecule has 0 unspecified atom stereocenters. The predicted molar refractivity (Wildman–Crippen MR) is 121 cm³/mol. The van der Waals surface area contributed by atoms with Gasteiger partial charge in [0.05, 0.1) is 11.5 Å². The topological polar surface area (TPSA) is 99.5 Å². The lowest BCUT2D eigenvalue weighted by atomic mass is 10.0. The summed E-state index contributed by atoms with van der Waals surface area (Å²) in [4.78, 5) is 4.93. The van der Waals surface area contributed by atoms with E-state index in [1.807, 2.05) is 0 Å². The monoisotopic (exact) mass is 477 g/mol. The highest BCUT2D eigenvalue weighted by Crippen LogP contribution is 2.41. The zero-order chi connectivity index (χ0) is 23.8. The molecule has 1 aliphatic heterocycles. The van der Waals surface area contributed by atoms with E-state index in [1.54, 1.807) is 27.0 Å². The molecule has 2 heterocycles. The molecular formula is C21H39NO7SSi. The summed E-state index contributed by atoms with van der Waals surface area (Å²) < 4.78 is 29.0. The molecule has 1 aromatic heterocycles. The highest BCUT2D eigenvalue weighted by Gasteiger charge is 2.49. The van der Waals surface area contributed by atoms with Crippen LogP contribution in [0.5, 0.6) is 0 Å². The molecule has 0 aromatic carbocycles. The summed E-state index contributed by atoms with van der Waals surface area (Å²) >= 11 is 1.27. The van der Waals surface area contributed by atoms with E-state index in [1.165, 1.54) is 25.6 Å². The maximum Gasteiger partial charge on any atom is 0.218 e. The maximum absolute atomic E-state index is 11.1. The second-order valence-electron chi connectivity index (χ2n) is 10.1. The maximum atomic E-state index is 11.1. The Morgan fingerprint density at radius 1 is 1.13 bits per heavy atom. The summed E-state index contributed by atoms with van der Waals surface area (Å²) in [6, 6.07) is 0. The Hall–Kier alpha value is -0.433. The number of ether oxygens (including phenoxy) is 4. The molecule has 1 aliphatic rings. The number of aliphatic hydroxyl groups excluding tert-OH is 2. The molecule has 1 fully saturated rings. The number of aromatic nitrogens is 1. The van der Waals surface area contributed by atoms with Crippen LogP contribution in [0.1, 0.15) is 57.5 Å². The quantitative estimate of drug-likeness (QED) is 0.411. The van der Waals surface area contributed by atoms with Gasteiger partial charge < -0.3 is 33.6 Å². The molecule has 0 spiro atoms. The van der Waals surface area contributed by atoms with Crippen LogP contribution in [-0.2, 0) is 29.2 Å². The Bertz CT molecular complexity index is 730. The lowest BCUT2D eigenvalue weighted by molar-refractivity contribution is -0.201. The van der Waals surface area contributed by atoms with Gasteiger partial charge in [0, 0.05) is 20.4 Å². The van der Waals surface area contributed by atoms with E-state index in [4.69, 9.17) is 23.4 Å². The van der Waals surface area contributed by atoms with Gasteiger partial charge in [0.2, 0.25) is 5.79 Å². The van der Waals surface area contributed by atoms with Gasteiger partial charge in [0.25, 0.3) is 0 Å². The molecule has 31 heavy (non-hydrogen) atoms. The van der Waals surface area contributed by atoms with Crippen LogP contribution in [0.3, 0.4) is 0 Å². The van der Waals surface area contributed by atoms with Crippen LogP contribution in [0.4, 0.5) is 0 Å². The van der Waals surface area contributed by atoms with E-state index in [0.29, 0.717) is 9.88 Å². The van der Waals surface area contributed by atoms with Gasteiger partial charge in [0.15, 0.2) is 19.1 Å². The molecule has 0 amide bonds. The van der Waals surface area contributed by atoms with Crippen molar-refractivity contribution in [2.75, 3.05) is 20.8 Å². The first-order valence-electron chi connectivity index (χ1n) is 10.5. The second kappa shape index (κ2) is 9.44. The summed E-state index contributed by atoms with van der Waals surface area (Å²) in [5, 5.41) is 22.6. The van der Waals surface area contributed by atoms with Crippen molar-refractivity contribution in [2.45, 2.75) is 95.7 Å². The van der Waals surface area contributed by atoms with Crippen LogP contribution in [0, 0.1) is 0 Å². The Morgan fingerprint density at radius 2 is 1.68 bits per heavy atom. The van der Waals surface area contributed by atoms with Crippen LogP contribution in [0.2, 0.25) is 18.1 Å². The number of hydrogen-bond donors (Lipinski definition) is 2. The van der Waals surface area contributed by atoms with Crippen molar-refractivity contribution >= 4 is 19.7 Å². The molecular weight excluding hydrogens is 438 g/mol. The molecule has 0 saturated carbocycles. The van der Waals surface area contributed by atoms with Gasteiger partial charge >= 0.3 is 0 Å². The summed E-state index contributed by atoms with van der Waals surface area (Å²) in [7, 11) is 1.02. The van der Waals surface area contributed by atoms with Crippen LogP contribution in [-0.4, -0.2) is 68.4 Å². The summed E-state index contributed by atoms with van der Waals surface area (Å²) in [6.45, 7) is 16.1. The first-order chi connectivity index (χ1) is 14.1. The third-order valence-electron chi connectivity index (χ3n) is 6.26. The van der Waals surface area contributed by atoms with Crippen LogP contribution in [0.25, 0.3) is 0 Å². The molecule has 10 heteroatoms. The largest absolute Gasteiger partial charge is 0.414 e. The molecule has 180 valence electrons. The summed E-state index contributed by atoms with van der Waals surface area (Å²) in [5.74, 6) is -1.96. The summed E-state index contributed by atoms with van der Waals surface area (Å²) in [5.41, 5.74) is 0. The average Bonchev–Trinajstić information content (AvgIpc) is 3.29. The zero-order valence-corrected chi connectivity index (χ0v) is 22.2. The fraction of sp³-hybridized carbons (Fsp3) is 0.857. The molecule has 1 saturated heterocycles. The number of rotatable bonds is 9. The van der Waals surface area contributed by atoms with E-state index in [-0.39, 0.29) is 11.6 Å². The van der Waals surface area contributed by atoms with Crippen molar-refractivity contribution in [2.24, 2.45) is 0 Å². The standard InChI is InChI=1S/C21H39NO7SSi/c1-19(2,3)31(9,10)27-12-13(23)16-17(29-20(4,5)28-16)15(24)14-11-22-18(30-14)21(6,25-7)26-8/h11,13,15-17,23-24H,12H2,1-10H3/t13-,15-,16-,17+/m1/s1. The highest BCUT2D eigenvalue weighted by atomic mass is 32.1. The van der Waals surface area contributed by atoms with Crippen molar-refractivity contribution in [1.29, 1.82) is 0 Å². The van der Waals surface area contributed by atoms with Crippen molar-refractivity contribution in [1.82, 2.24) is 4.98 Å². The Kier molecular flexibility index (Phi) is 8.16. The van der Waals surface area contributed by atoms with E-state index in [9.17, 15) is 10.2 Å². The first kappa shape index (κ1) is 26.8. The molecule has 2 rings (SSSR count). The molecule has 0 aliphatic carbocycles. The van der Waals surface area contributed by atoms with Gasteiger partial charge in [-0.05, 0) is 38.9 Å². The molecule has 4 atom stereocenters. The molecule has 8 nitrogen and oxygen atoms in total. The fourth-order valence-electron chi connectivity index (χ4n) is 3.02. The van der Waals surface area contributed by atoms with Gasteiger partial charge in [-0.2, -0.15) is 0 Å². The minimum atomic E-state index is -2.05. The Balaban J connectivity index is 2.19. The van der Waals surface area contributed by atoms with Crippen molar-refractivity contribution in [3.8, 4) is 0 Å². The smallest absolute Gasteiger partial charge is 0.218 e. The van der Waals surface area contributed by atoms with Crippen LogP contribution >= 0.6 is 11.3 Å². The van der Waals surface area contributed by atoms with Crippen molar-refractivity contribution in [3.05, 3.63) is 16.1 Å². The van der Waals surface area contributed by atoms with E-state index < -0.39 is 44.3 Å². The van der Waals surface area contributed by atoms with Crippen LogP contribution < -0.4 is 0 Å². The van der Waals surface area contributed by atoms with Crippen molar-refractivity contribution in [3.63, 3.8) is 0 Å². The number of thiazole rings is 1. The molecule has 2 N–H and O–H groups in total. The lowest BCUT2D eigenvalue weighted by Gasteiger charge is -2.37. The minimum absolute atomic E-state index is 0.0202. The second-order valence-corrected chi connectivity index (χ2v) is 15.9. The SMILES string of the molecule is COC(C)(OC)c1ncc([C@@H](O)[C@@H]2OC(C)(C)O[C@@H]2[C@H](O)CO[Si](C)(C)C(C)(C)C)s1. The molecule has 1 aromatic rings. The van der Waals surface area contributed by atoms with E-state index in [0.717, 1.165) is 0 Å². The zero-order valence-electron chi connectivity index (χ0n) is 20.4. The van der Waals surface area contributed by atoms with Gasteiger partial charge in [-0.3, -0.25) is 0 Å². The normalized spacial score (nSPS) is 24.4. The Labute approximate surface area is 191 Å². The number of methoxy groups -OCH3 is 2. The van der Waals surface area contributed by atoms with Gasteiger partial charge in [0.1, 0.15) is 24.4 Å². The summed E-state index contributed by atoms with van der Waals surface area (Å²) in [6.07, 6.45) is -1.95. The van der Waals surface area contributed by atoms with Gasteiger partial charge in [-0.1, -0.05) is 20.8 Å². The lowest BCUT2D eigenvalue weighted by Crippen LogP contribution is -2.47. The third kappa shape index (κ3) is 5.93. The molecule has 0 radical (unpaired) electrons. The fourth-order valence-corrected chi connectivity index (χ4v) is 5.08. The van der Waals surface area contributed by atoms with E-state index in [2.05, 4.69) is 38.8 Å². The number of nitrogens with zero attached hydrogens (tertiary/aromatic N) is 1. The van der Waals surface area contributed by atoms with Crippen molar-refractivity contribution < 1.29 is 33.6 Å². The minimum Gasteiger partial charge on any atom is -0.414 e. The highest BCUT2D eigenvalue weighted by molar-refractivity contribution is 7.11. The Morgan fingerprint density at radius 3 is 2.19 bits per heavy atom. The average molecular weight is 478 g/mol. The number of aliphatic hydroxyl groups is 2. The predicted octanol–water partition coefficient (Wildman–Crippen LogP) is 3.54. The number of hydrogen-bond acceptors (Lipinski definition) is 9. The molecule has 0 bridgehead atoms. The van der Waals surface area contributed by atoms with Crippen LogP contribution in [0.15, 0.2) is 6.20 Å². The van der Waals surface area contributed by atoms with E-state index >= 15 is 0 Å². The third-order valence-corrected chi connectivity index (χ3v) is 12.0. The first-order valence-corrected chi connectivity index (χ1v) is 14.2.